The van der Waals surface area contributed by atoms with Crippen LogP contribution in [0.4, 0.5) is 10.5 Å². The number of anilines is 1. The molecule has 4 rings (SSSR count). The number of hydrogen-bond acceptors (Lipinski definition) is 4. The molecule has 0 saturated carbocycles. The predicted molar refractivity (Wildman–Crippen MR) is 113 cm³/mol. The second kappa shape index (κ2) is 8.71. The number of rotatable bonds is 5. The van der Waals surface area contributed by atoms with Crippen molar-refractivity contribution in [1.29, 1.82) is 0 Å². The maximum Gasteiger partial charge on any atom is 0.321 e. The summed E-state index contributed by atoms with van der Waals surface area (Å²) in [5, 5.41) is 5.68. The summed E-state index contributed by atoms with van der Waals surface area (Å²) in [6.07, 6.45) is 0.978. The number of aromatic nitrogens is 1. The number of piperidine rings is 1. The Labute approximate surface area is 174 Å². The number of hydrogen-bond donors (Lipinski definition) is 2. The molecule has 1 aromatic carbocycles. The summed E-state index contributed by atoms with van der Waals surface area (Å²) in [6.45, 7) is 2.58. The number of fused-ring (bicyclic) bond motifs is 4. The van der Waals surface area contributed by atoms with E-state index in [-0.39, 0.29) is 29.3 Å². The Hall–Kier alpha value is -3.13. The number of para-hydroxylation sites is 1. The van der Waals surface area contributed by atoms with Gasteiger partial charge in [0, 0.05) is 51.0 Å². The Bertz CT molecular complexity index is 1000. The van der Waals surface area contributed by atoms with Crippen LogP contribution in [0.15, 0.2) is 47.3 Å². The van der Waals surface area contributed by atoms with Crippen molar-refractivity contribution in [2.24, 2.45) is 5.92 Å². The van der Waals surface area contributed by atoms with Crippen LogP contribution in [0.2, 0.25) is 0 Å². The number of likely N-dealkylation sites (tertiary alicyclic amines) is 1. The predicted octanol–water partition coefficient (Wildman–Crippen LogP) is 1.88. The summed E-state index contributed by atoms with van der Waals surface area (Å²) in [7, 11) is 1.57. The Morgan fingerprint density at radius 2 is 1.93 bits per heavy atom. The zero-order valence-corrected chi connectivity index (χ0v) is 17.0. The highest BCUT2D eigenvalue weighted by molar-refractivity contribution is 6.03. The number of nitrogens with one attached hydrogen (secondary N) is 2. The molecular weight excluding hydrogens is 384 g/mol. The van der Waals surface area contributed by atoms with Gasteiger partial charge >= 0.3 is 6.03 Å². The molecule has 30 heavy (non-hydrogen) atoms. The topological polar surface area (TPSA) is 92.7 Å². The van der Waals surface area contributed by atoms with Crippen LogP contribution in [-0.2, 0) is 11.3 Å². The molecule has 1 fully saturated rings. The van der Waals surface area contributed by atoms with E-state index in [1.807, 2.05) is 10.6 Å². The molecule has 0 aliphatic carbocycles. The number of pyridine rings is 1. The minimum absolute atomic E-state index is 0.0218. The van der Waals surface area contributed by atoms with Gasteiger partial charge in [-0.1, -0.05) is 18.2 Å². The molecule has 2 aliphatic heterocycles. The second-order valence-corrected chi connectivity index (χ2v) is 7.83. The molecule has 8 heteroatoms. The molecule has 3 amide bonds. The van der Waals surface area contributed by atoms with Crippen LogP contribution < -0.4 is 16.2 Å². The van der Waals surface area contributed by atoms with Crippen LogP contribution in [0.5, 0.6) is 0 Å². The van der Waals surface area contributed by atoms with Crippen LogP contribution in [0.25, 0.3) is 0 Å². The Kier molecular flexibility index (Phi) is 5.85. The van der Waals surface area contributed by atoms with Gasteiger partial charge in [0.15, 0.2) is 0 Å². The van der Waals surface area contributed by atoms with Gasteiger partial charge in [0.25, 0.3) is 11.5 Å². The summed E-state index contributed by atoms with van der Waals surface area (Å²) in [5.41, 5.74) is 1.91. The fraction of sp³-hybridized carbons (Fsp3) is 0.409. The number of urea groups is 1. The van der Waals surface area contributed by atoms with E-state index in [1.165, 1.54) is 0 Å². The maximum atomic E-state index is 13.0. The second-order valence-electron chi connectivity index (χ2n) is 7.83. The molecule has 2 aromatic rings. The molecule has 1 saturated heterocycles. The third kappa shape index (κ3) is 4.09. The van der Waals surface area contributed by atoms with Gasteiger partial charge in [0.2, 0.25) is 0 Å². The van der Waals surface area contributed by atoms with Crippen LogP contribution in [0, 0.1) is 5.92 Å². The minimum atomic E-state index is -0.258. The van der Waals surface area contributed by atoms with E-state index in [1.54, 1.807) is 48.4 Å². The summed E-state index contributed by atoms with van der Waals surface area (Å²) < 4.78 is 6.80. The third-order valence-electron chi connectivity index (χ3n) is 5.77. The zero-order chi connectivity index (χ0) is 21.1. The van der Waals surface area contributed by atoms with Gasteiger partial charge in [-0.3, -0.25) is 9.59 Å². The molecule has 158 valence electrons. The van der Waals surface area contributed by atoms with Crippen molar-refractivity contribution in [3.05, 3.63) is 64.1 Å². The standard InChI is InChI=1S/C22H26N4O4/c1-30-10-9-23-21(28)17-5-2-3-6-18(17)24-22(29)25-12-15-11-16(14-25)19-7-4-8-20(27)26(19)13-15/h2-8,15-16H,9-14H2,1H3,(H,23,28)(H,24,29). The highest BCUT2D eigenvalue weighted by atomic mass is 16.5. The Balaban J connectivity index is 1.47. The van der Waals surface area contributed by atoms with Gasteiger partial charge in [-0.15, -0.1) is 0 Å². The first-order valence-corrected chi connectivity index (χ1v) is 10.2. The van der Waals surface area contributed by atoms with Crippen LogP contribution in [0.1, 0.15) is 28.4 Å². The first kappa shape index (κ1) is 20.2. The van der Waals surface area contributed by atoms with Crippen LogP contribution in [-0.4, -0.2) is 54.8 Å². The molecule has 3 heterocycles. The van der Waals surface area contributed by atoms with E-state index in [9.17, 15) is 14.4 Å². The quantitative estimate of drug-likeness (QED) is 0.736. The number of carbonyl (C=O) groups excluding carboxylic acids is 2. The van der Waals surface area contributed by atoms with Gasteiger partial charge in [-0.25, -0.2) is 4.79 Å². The first-order valence-electron chi connectivity index (χ1n) is 10.2. The fourth-order valence-corrected chi connectivity index (χ4v) is 4.41. The van der Waals surface area contributed by atoms with Gasteiger partial charge in [-0.05, 0) is 30.5 Å². The summed E-state index contributed by atoms with van der Waals surface area (Å²) in [6, 6.07) is 12.1. The molecule has 1 aromatic heterocycles. The summed E-state index contributed by atoms with van der Waals surface area (Å²) in [4.78, 5) is 39.4. The van der Waals surface area contributed by atoms with Crippen molar-refractivity contribution in [3.63, 3.8) is 0 Å². The van der Waals surface area contributed by atoms with E-state index in [0.717, 1.165) is 12.1 Å². The summed E-state index contributed by atoms with van der Waals surface area (Å²) in [5.74, 6) is 0.131. The number of methoxy groups -OCH3 is 1. The van der Waals surface area contributed by atoms with Gasteiger partial charge in [-0.2, -0.15) is 0 Å². The lowest BCUT2D eigenvalue weighted by Crippen LogP contribution is -2.50. The van der Waals surface area contributed by atoms with E-state index in [2.05, 4.69) is 10.6 Å². The Morgan fingerprint density at radius 1 is 1.10 bits per heavy atom. The van der Waals surface area contributed by atoms with E-state index >= 15 is 0 Å². The molecule has 8 nitrogen and oxygen atoms in total. The van der Waals surface area contributed by atoms with Crippen molar-refractivity contribution in [2.45, 2.75) is 18.9 Å². The fourth-order valence-electron chi connectivity index (χ4n) is 4.41. The number of amides is 3. The smallest absolute Gasteiger partial charge is 0.321 e. The molecule has 2 unspecified atom stereocenters. The highest BCUT2D eigenvalue weighted by Crippen LogP contribution is 2.35. The van der Waals surface area contributed by atoms with Gasteiger partial charge in [0.05, 0.1) is 17.9 Å². The third-order valence-corrected chi connectivity index (χ3v) is 5.77. The zero-order valence-electron chi connectivity index (χ0n) is 17.0. The Morgan fingerprint density at radius 3 is 2.77 bits per heavy atom. The minimum Gasteiger partial charge on any atom is -0.383 e. The maximum absolute atomic E-state index is 13.0. The molecule has 0 spiro atoms. The number of benzene rings is 1. The van der Waals surface area contributed by atoms with Crippen molar-refractivity contribution >= 4 is 17.6 Å². The monoisotopic (exact) mass is 410 g/mol. The van der Waals surface area contributed by atoms with Gasteiger partial charge < -0.3 is 24.8 Å². The molecule has 2 aliphatic rings. The normalized spacial score (nSPS) is 19.7. The average Bonchev–Trinajstić information content (AvgIpc) is 2.75. The molecule has 2 bridgehead atoms. The van der Waals surface area contributed by atoms with E-state index < -0.39 is 0 Å². The number of nitrogens with zero attached hydrogens (tertiary/aromatic N) is 2. The van der Waals surface area contributed by atoms with E-state index in [4.69, 9.17) is 4.74 Å². The van der Waals surface area contributed by atoms with Crippen molar-refractivity contribution in [1.82, 2.24) is 14.8 Å². The SMILES string of the molecule is COCCNC(=O)c1ccccc1NC(=O)N1CC2CC(C1)c1cccc(=O)n1C2. The first-order chi connectivity index (χ1) is 14.6. The lowest BCUT2D eigenvalue weighted by molar-refractivity contribution is 0.0938. The lowest BCUT2D eigenvalue weighted by atomic mass is 9.83. The molecule has 0 radical (unpaired) electrons. The van der Waals surface area contributed by atoms with Crippen molar-refractivity contribution in [2.75, 3.05) is 38.7 Å². The molecular formula is C22H26N4O4. The number of ether oxygens (including phenoxy) is 1. The van der Waals surface area contributed by atoms with Crippen LogP contribution >= 0.6 is 0 Å². The average molecular weight is 410 g/mol. The molecule has 2 N–H and O–H groups in total. The largest absolute Gasteiger partial charge is 0.383 e. The number of carbonyl (C=O) groups is 2. The van der Waals surface area contributed by atoms with Gasteiger partial charge in [0.1, 0.15) is 0 Å². The van der Waals surface area contributed by atoms with Crippen molar-refractivity contribution in [3.8, 4) is 0 Å². The summed E-state index contributed by atoms with van der Waals surface area (Å²) >= 11 is 0. The van der Waals surface area contributed by atoms with Crippen molar-refractivity contribution < 1.29 is 14.3 Å². The molecule has 2 atom stereocenters. The van der Waals surface area contributed by atoms with E-state index in [0.29, 0.717) is 44.0 Å². The lowest BCUT2D eigenvalue weighted by Gasteiger charge is -2.42. The highest BCUT2D eigenvalue weighted by Gasteiger charge is 2.36. The van der Waals surface area contributed by atoms with Crippen LogP contribution in [0.3, 0.4) is 0 Å².